The van der Waals surface area contributed by atoms with Gasteiger partial charge in [0.15, 0.2) is 11.6 Å². The van der Waals surface area contributed by atoms with Crippen molar-refractivity contribution >= 4 is 11.7 Å². The van der Waals surface area contributed by atoms with Crippen LogP contribution >= 0.6 is 0 Å². The maximum Gasteiger partial charge on any atom is 0.257 e. The van der Waals surface area contributed by atoms with Gasteiger partial charge in [-0.3, -0.25) is 9.59 Å². The van der Waals surface area contributed by atoms with Gasteiger partial charge in [0.2, 0.25) is 5.91 Å². The van der Waals surface area contributed by atoms with E-state index in [2.05, 4.69) is 41.4 Å². The lowest BCUT2D eigenvalue weighted by atomic mass is 9.71. The number of Topliss-reactive ketones (excluding diaryl/α,β-unsaturated/α-hetero) is 1. The Morgan fingerprint density at radius 2 is 1.74 bits per heavy atom. The highest BCUT2D eigenvalue weighted by Gasteiger charge is 2.40. The Morgan fingerprint density at radius 3 is 2.37 bits per heavy atom. The van der Waals surface area contributed by atoms with Crippen LogP contribution in [0.25, 0.3) is 11.5 Å². The Hall–Kier alpha value is -3.28. The van der Waals surface area contributed by atoms with Crippen LogP contribution < -0.4 is 5.32 Å². The molecule has 0 spiro atoms. The fraction of sp³-hybridized carbons (Fsp3) is 0.500. The van der Waals surface area contributed by atoms with Gasteiger partial charge in [0.05, 0.1) is 5.41 Å². The molecule has 3 aromatic rings. The maximum atomic E-state index is 14.0. The molecule has 2 atom stereocenters. The van der Waals surface area contributed by atoms with Crippen molar-refractivity contribution in [1.82, 2.24) is 15.5 Å². The highest BCUT2D eigenvalue weighted by atomic mass is 16.5. The summed E-state index contributed by atoms with van der Waals surface area (Å²) in [5, 5.41) is 7.25. The van der Waals surface area contributed by atoms with Crippen LogP contribution in [0, 0.1) is 12.8 Å². The molecule has 1 saturated carbocycles. The van der Waals surface area contributed by atoms with Gasteiger partial charge in [0.25, 0.3) is 5.89 Å². The molecule has 0 saturated heterocycles. The molecule has 1 aliphatic rings. The van der Waals surface area contributed by atoms with Crippen molar-refractivity contribution in [3.05, 3.63) is 71.5 Å². The number of nitrogens with one attached hydrogen (secondary N) is 1. The largest absolute Gasteiger partial charge is 0.353 e. The van der Waals surface area contributed by atoms with E-state index in [4.69, 9.17) is 4.52 Å². The quantitative estimate of drug-likeness (QED) is 0.257. The number of hydrogen-bond acceptors (Lipinski definition) is 5. The van der Waals surface area contributed by atoms with E-state index in [0.29, 0.717) is 42.5 Å². The Kier molecular flexibility index (Phi) is 9.48. The molecule has 1 aromatic heterocycles. The molecule has 0 aliphatic heterocycles. The molecule has 1 aliphatic carbocycles. The molecule has 1 unspecified atom stereocenters. The van der Waals surface area contributed by atoms with Gasteiger partial charge in [-0.2, -0.15) is 4.98 Å². The summed E-state index contributed by atoms with van der Waals surface area (Å²) in [5.74, 6) is 1.75. The monoisotopic (exact) mass is 515 g/mol. The molecule has 6 nitrogen and oxygen atoms in total. The topological polar surface area (TPSA) is 85.1 Å². The number of ketones is 1. The molecular formula is C32H41N3O3. The molecule has 6 heteroatoms. The number of nitrogens with zero attached hydrogens (tertiary/aromatic N) is 2. The third-order valence-corrected chi connectivity index (χ3v) is 8.14. The van der Waals surface area contributed by atoms with Crippen molar-refractivity contribution in [3.8, 4) is 11.5 Å². The van der Waals surface area contributed by atoms with Crippen LogP contribution in [0.5, 0.6) is 0 Å². The van der Waals surface area contributed by atoms with Crippen LogP contribution in [0.4, 0.5) is 0 Å². The summed E-state index contributed by atoms with van der Waals surface area (Å²) in [7, 11) is 0. The molecular weight excluding hydrogens is 474 g/mol. The number of aryl methyl sites for hydroxylation is 1. The van der Waals surface area contributed by atoms with Gasteiger partial charge >= 0.3 is 0 Å². The van der Waals surface area contributed by atoms with Crippen molar-refractivity contribution in [2.45, 2.75) is 96.4 Å². The number of carbonyl (C=O) groups is 2. The minimum Gasteiger partial charge on any atom is -0.353 e. The van der Waals surface area contributed by atoms with Crippen LogP contribution in [0.2, 0.25) is 0 Å². The van der Waals surface area contributed by atoms with Crippen molar-refractivity contribution in [1.29, 1.82) is 0 Å². The second kappa shape index (κ2) is 13.0. The third-order valence-electron chi connectivity index (χ3n) is 8.14. The van der Waals surface area contributed by atoms with Crippen LogP contribution in [0.15, 0.2) is 59.1 Å². The SMILES string of the molecule is CCCC(CCCC(=O)c1ccc(-c2nc(C)no2)cc1)(C(=O)N[C@@H](C)C1CCCCC1)c1ccccc1. The first-order chi connectivity index (χ1) is 18.4. The zero-order valence-electron chi connectivity index (χ0n) is 23.0. The second-order valence-electron chi connectivity index (χ2n) is 10.9. The lowest BCUT2D eigenvalue weighted by Gasteiger charge is -2.36. The van der Waals surface area contributed by atoms with E-state index in [1.165, 1.54) is 32.1 Å². The minimum absolute atomic E-state index is 0.0766. The summed E-state index contributed by atoms with van der Waals surface area (Å²) in [5.41, 5.74) is 1.85. The van der Waals surface area contributed by atoms with Gasteiger partial charge in [0, 0.05) is 23.6 Å². The Morgan fingerprint density at radius 1 is 1.03 bits per heavy atom. The Labute approximate surface area is 226 Å². The molecule has 1 fully saturated rings. The van der Waals surface area contributed by atoms with Crippen LogP contribution in [0.1, 0.15) is 99.8 Å². The van der Waals surface area contributed by atoms with E-state index >= 15 is 0 Å². The van der Waals surface area contributed by atoms with Crippen LogP contribution in [0.3, 0.4) is 0 Å². The first-order valence-corrected chi connectivity index (χ1v) is 14.2. The lowest BCUT2D eigenvalue weighted by molar-refractivity contribution is -0.128. The maximum absolute atomic E-state index is 14.0. The third kappa shape index (κ3) is 6.58. The summed E-state index contributed by atoms with van der Waals surface area (Å²) < 4.78 is 5.22. The Balaban J connectivity index is 1.46. The van der Waals surface area contributed by atoms with Gasteiger partial charge < -0.3 is 9.84 Å². The van der Waals surface area contributed by atoms with E-state index < -0.39 is 5.41 Å². The van der Waals surface area contributed by atoms with Crippen molar-refractivity contribution < 1.29 is 14.1 Å². The summed E-state index contributed by atoms with van der Waals surface area (Å²) in [6.45, 7) is 6.07. The van der Waals surface area contributed by atoms with Gasteiger partial charge in [-0.1, -0.05) is 80.2 Å². The number of benzene rings is 2. The first kappa shape index (κ1) is 27.7. The standard InChI is InChI=1S/C32H41N3O3/c1-4-21-32(28-14-9-6-10-15-28,31(37)33-23(2)25-12-7-5-8-13-25)22-11-16-29(36)26-17-19-27(20-18-26)30-34-24(3)35-38-30/h6,9-10,14-15,17-20,23,25H,4-5,7-8,11-13,16,21-22H2,1-3H3,(H,33,37)/t23-,32?/m0/s1. The van der Waals surface area contributed by atoms with Crippen LogP contribution in [-0.2, 0) is 10.2 Å². The average Bonchev–Trinajstić information content (AvgIpc) is 3.39. The number of hydrogen-bond donors (Lipinski definition) is 1. The molecule has 4 rings (SSSR count). The lowest BCUT2D eigenvalue weighted by Crippen LogP contribution is -2.49. The number of carbonyl (C=O) groups excluding carboxylic acids is 2. The average molecular weight is 516 g/mol. The predicted molar refractivity (Wildman–Crippen MR) is 150 cm³/mol. The van der Waals surface area contributed by atoms with Crippen molar-refractivity contribution in [2.24, 2.45) is 5.92 Å². The summed E-state index contributed by atoms with van der Waals surface area (Å²) >= 11 is 0. The normalized spacial score (nSPS) is 16.5. The minimum atomic E-state index is -0.640. The summed E-state index contributed by atoms with van der Waals surface area (Å²) in [4.78, 5) is 31.3. The summed E-state index contributed by atoms with van der Waals surface area (Å²) in [6.07, 6.45) is 9.50. The molecule has 0 bridgehead atoms. The zero-order valence-corrected chi connectivity index (χ0v) is 23.0. The van der Waals surface area contributed by atoms with Gasteiger partial charge in [-0.05, 0) is 69.6 Å². The molecule has 38 heavy (non-hydrogen) atoms. The fourth-order valence-electron chi connectivity index (χ4n) is 5.96. The number of rotatable bonds is 12. The highest BCUT2D eigenvalue weighted by Crippen LogP contribution is 2.36. The molecule has 0 radical (unpaired) electrons. The second-order valence-corrected chi connectivity index (χ2v) is 10.9. The van der Waals surface area contributed by atoms with Crippen LogP contribution in [-0.4, -0.2) is 27.9 Å². The molecule has 1 N–H and O–H groups in total. The highest BCUT2D eigenvalue weighted by molar-refractivity contribution is 5.96. The molecule has 2 aromatic carbocycles. The van der Waals surface area contributed by atoms with Gasteiger partial charge in [0.1, 0.15) is 0 Å². The smallest absolute Gasteiger partial charge is 0.257 e. The molecule has 1 heterocycles. The molecule has 1 amide bonds. The summed E-state index contributed by atoms with van der Waals surface area (Å²) in [6, 6.07) is 17.6. The zero-order chi connectivity index (χ0) is 27.0. The van der Waals surface area contributed by atoms with E-state index in [9.17, 15) is 9.59 Å². The molecule has 202 valence electrons. The van der Waals surface area contributed by atoms with Crippen molar-refractivity contribution in [3.63, 3.8) is 0 Å². The van der Waals surface area contributed by atoms with Crippen molar-refractivity contribution in [2.75, 3.05) is 0 Å². The van der Waals surface area contributed by atoms with E-state index in [1.54, 1.807) is 6.92 Å². The van der Waals surface area contributed by atoms with E-state index in [-0.39, 0.29) is 17.7 Å². The predicted octanol–water partition coefficient (Wildman–Crippen LogP) is 7.22. The van der Waals surface area contributed by atoms with Gasteiger partial charge in [-0.25, -0.2) is 0 Å². The van der Waals surface area contributed by atoms with E-state index in [1.807, 2.05) is 42.5 Å². The van der Waals surface area contributed by atoms with E-state index in [0.717, 1.165) is 24.0 Å². The number of amides is 1. The Bertz CT molecular complexity index is 1180. The number of aromatic nitrogens is 2. The first-order valence-electron chi connectivity index (χ1n) is 14.2. The van der Waals surface area contributed by atoms with Gasteiger partial charge in [-0.15, -0.1) is 0 Å². The fourth-order valence-corrected chi connectivity index (χ4v) is 5.96.